The van der Waals surface area contributed by atoms with Gasteiger partial charge in [0.2, 0.25) is 6.79 Å². The van der Waals surface area contributed by atoms with Crippen LogP contribution in [0.4, 0.5) is 0 Å². The Morgan fingerprint density at radius 3 is 3.14 bits per heavy atom. The number of hydrogen-bond acceptors (Lipinski definition) is 4. The minimum atomic E-state index is 0.257. The zero-order chi connectivity index (χ0) is 15.4. The quantitative estimate of drug-likeness (QED) is 0.617. The van der Waals surface area contributed by atoms with Crippen LogP contribution in [0.2, 0.25) is 0 Å². The number of aliphatic imine (C=N–C) groups is 1. The Morgan fingerprint density at radius 2 is 2.32 bits per heavy atom. The van der Waals surface area contributed by atoms with Gasteiger partial charge in [-0.05, 0) is 51.5 Å². The largest absolute Gasteiger partial charge is 0.454 e. The van der Waals surface area contributed by atoms with Gasteiger partial charge in [-0.3, -0.25) is 0 Å². The van der Waals surface area contributed by atoms with Crippen molar-refractivity contribution in [2.75, 3.05) is 13.3 Å². The van der Waals surface area contributed by atoms with Gasteiger partial charge in [0, 0.05) is 11.4 Å². The molecule has 5 nitrogen and oxygen atoms in total. The zero-order valence-corrected chi connectivity index (χ0v) is 14.2. The molecule has 0 amide bonds. The minimum absolute atomic E-state index is 0.257. The van der Waals surface area contributed by atoms with E-state index in [2.05, 4.69) is 43.8 Å². The smallest absolute Gasteiger partial charge is 0.231 e. The minimum Gasteiger partial charge on any atom is -0.454 e. The second-order valence-electron chi connectivity index (χ2n) is 4.77. The molecule has 1 aromatic heterocycles. The van der Waals surface area contributed by atoms with E-state index in [1.807, 2.05) is 12.1 Å². The summed E-state index contributed by atoms with van der Waals surface area (Å²) in [5.41, 5.74) is 6.90. The highest BCUT2D eigenvalue weighted by Gasteiger charge is 2.17. The van der Waals surface area contributed by atoms with Gasteiger partial charge in [-0.15, -0.1) is 11.3 Å². The first-order chi connectivity index (χ1) is 10.7. The average Bonchev–Trinajstić information content (AvgIpc) is 3.16. The normalized spacial score (nSPS) is 13.4. The fourth-order valence-corrected chi connectivity index (χ4v) is 3.43. The van der Waals surface area contributed by atoms with Gasteiger partial charge in [0.15, 0.2) is 17.5 Å². The van der Waals surface area contributed by atoms with Crippen molar-refractivity contribution in [3.8, 4) is 11.5 Å². The van der Waals surface area contributed by atoms with Crippen LogP contribution in [-0.2, 0) is 13.0 Å². The summed E-state index contributed by atoms with van der Waals surface area (Å²) in [7, 11) is 0. The lowest BCUT2D eigenvalue weighted by molar-refractivity contribution is 0.173. The standard InChI is InChI=1S/C15H16BrN3O2S/c16-12-6-10(7-13-14(12)21-9-20-13)8-19-15(17)18-4-3-11-2-1-5-22-11/h1-2,5-7H,3-4,8-9H2,(H3,17,18,19). The summed E-state index contributed by atoms with van der Waals surface area (Å²) in [5, 5.41) is 5.20. The lowest BCUT2D eigenvalue weighted by Gasteiger charge is -2.06. The number of halogens is 1. The molecule has 2 aromatic rings. The van der Waals surface area contributed by atoms with Crippen LogP contribution in [0.15, 0.2) is 39.1 Å². The third-order valence-electron chi connectivity index (χ3n) is 3.18. The van der Waals surface area contributed by atoms with Gasteiger partial charge in [0.05, 0.1) is 11.0 Å². The Hall–Kier alpha value is -1.73. The molecule has 0 saturated carbocycles. The Bertz CT molecular complexity index is 674. The first-order valence-electron chi connectivity index (χ1n) is 6.86. The number of fused-ring (bicyclic) bond motifs is 1. The van der Waals surface area contributed by atoms with Crippen molar-refractivity contribution >= 4 is 33.2 Å². The molecule has 22 heavy (non-hydrogen) atoms. The highest BCUT2D eigenvalue weighted by Crippen LogP contribution is 2.40. The van der Waals surface area contributed by atoms with Gasteiger partial charge in [-0.1, -0.05) is 6.07 Å². The van der Waals surface area contributed by atoms with E-state index < -0.39 is 0 Å². The summed E-state index contributed by atoms with van der Waals surface area (Å²) in [6.07, 6.45) is 0.948. The van der Waals surface area contributed by atoms with E-state index in [1.54, 1.807) is 11.3 Å². The van der Waals surface area contributed by atoms with Crippen molar-refractivity contribution in [1.29, 1.82) is 0 Å². The SMILES string of the molecule is NC(=NCc1cc(Br)c2c(c1)OCO2)NCCc1cccs1. The molecule has 0 spiro atoms. The number of ether oxygens (including phenoxy) is 2. The van der Waals surface area contributed by atoms with Gasteiger partial charge in [-0.25, -0.2) is 4.99 Å². The van der Waals surface area contributed by atoms with Gasteiger partial charge in [0.25, 0.3) is 0 Å². The maximum absolute atomic E-state index is 5.89. The number of nitrogens with zero attached hydrogens (tertiary/aromatic N) is 1. The molecule has 7 heteroatoms. The molecule has 1 aromatic carbocycles. The number of nitrogens with two attached hydrogens (primary N) is 1. The van der Waals surface area contributed by atoms with Crippen LogP contribution in [0, 0.1) is 0 Å². The van der Waals surface area contributed by atoms with Crippen molar-refractivity contribution in [3.05, 3.63) is 44.6 Å². The highest BCUT2D eigenvalue weighted by molar-refractivity contribution is 9.10. The third kappa shape index (κ3) is 3.72. The molecule has 0 bridgehead atoms. The van der Waals surface area contributed by atoms with Crippen molar-refractivity contribution in [3.63, 3.8) is 0 Å². The molecule has 1 aliphatic rings. The van der Waals surface area contributed by atoms with Crippen LogP contribution < -0.4 is 20.5 Å². The molecule has 2 heterocycles. The van der Waals surface area contributed by atoms with Crippen LogP contribution in [0.25, 0.3) is 0 Å². The van der Waals surface area contributed by atoms with Crippen LogP contribution >= 0.6 is 27.3 Å². The molecule has 0 radical (unpaired) electrons. The Kier molecular flexibility index (Phi) is 4.84. The molecule has 0 aliphatic carbocycles. The molecule has 1 aliphatic heterocycles. The van der Waals surface area contributed by atoms with Gasteiger partial charge in [0.1, 0.15) is 0 Å². The van der Waals surface area contributed by atoms with Crippen LogP contribution in [-0.4, -0.2) is 19.3 Å². The topological polar surface area (TPSA) is 68.9 Å². The van der Waals surface area contributed by atoms with Gasteiger partial charge < -0.3 is 20.5 Å². The van der Waals surface area contributed by atoms with Crippen molar-refractivity contribution in [2.45, 2.75) is 13.0 Å². The highest BCUT2D eigenvalue weighted by atomic mass is 79.9. The molecule has 0 saturated heterocycles. The summed E-state index contributed by atoms with van der Waals surface area (Å²) in [4.78, 5) is 5.68. The molecule has 116 valence electrons. The molecular weight excluding hydrogens is 366 g/mol. The van der Waals surface area contributed by atoms with Gasteiger partial charge >= 0.3 is 0 Å². The number of nitrogens with one attached hydrogen (secondary N) is 1. The van der Waals surface area contributed by atoms with E-state index >= 15 is 0 Å². The van der Waals surface area contributed by atoms with Crippen LogP contribution in [0.1, 0.15) is 10.4 Å². The predicted molar refractivity (Wildman–Crippen MR) is 91.6 cm³/mol. The predicted octanol–water partition coefficient (Wildman–Crippen LogP) is 2.89. The number of benzene rings is 1. The van der Waals surface area contributed by atoms with E-state index in [0.717, 1.165) is 34.5 Å². The Labute approximate surface area is 141 Å². The number of thiophene rings is 1. The fourth-order valence-electron chi connectivity index (χ4n) is 2.11. The Morgan fingerprint density at radius 1 is 1.41 bits per heavy atom. The second kappa shape index (κ2) is 7.02. The molecular formula is C15H16BrN3O2S. The van der Waals surface area contributed by atoms with E-state index in [0.29, 0.717) is 12.5 Å². The summed E-state index contributed by atoms with van der Waals surface area (Å²) >= 11 is 5.22. The summed E-state index contributed by atoms with van der Waals surface area (Å²) in [6.45, 7) is 1.53. The van der Waals surface area contributed by atoms with Crippen LogP contribution in [0.5, 0.6) is 11.5 Å². The maximum atomic E-state index is 5.89. The Balaban J connectivity index is 1.53. The molecule has 3 N–H and O–H groups in total. The lowest BCUT2D eigenvalue weighted by atomic mass is 10.2. The fraction of sp³-hybridized carbons (Fsp3) is 0.267. The maximum Gasteiger partial charge on any atom is 0.231 e. The molecule has 0 atom stereocenters. The number of hydrogen-bond donors (Lipinski definition) is 2. The van der Waals surface area contributed by atoms with Crippen molar-refractivity contribution in [2.24, 2.45) is 10.7 Å². The van der Waals surface area contributed by atoms with E-state index in [1.165, 1.54) is 4.88 Å². The third-order valence-corrected chi connectivity index (χ3v) is 4.70. The summed E-state index contributed by atoms with van der Waals surface area (Å²) < 4.78 is 11.6. The average molecular weight is 382 g/mol. The van der Waals surface area contributed by atoms with Crippen LogP contribution in [0.3, 0.4) is 0 Å². The zero-order valence-electron chi connectivity index (χ0n) is 11.8. The first kappa shape index (κ1) is 15.2. The number of rotatable bonds is 5. The number of guanidine groups is 1. The monoisotopic (exact) mass is 381 g/mol. The van der Waals surface area contributed by atoms with E-state index in [4.69, 9.17) is 15.2 Å². The second-order valence-corrected chi connectivity index (χ2v) is 6.66. The molecule has 0 fully saturated rings. The van der Waals surface area contributed by atoms with Gasteiger partial charge in [-0.2, -0.15) is 0 Å². The van der Waals surface area contributed by atoms with Crippen molar-refractivity contribution < 1.29 is 9.47 Å². The van der Waals surface area contributed by atoms with Crippen molar-refractivity contribution in [1.82, 2.24) is 5.32 Å². The summed E-state index contributed by atoms with van der Waals surface area (Å²) in [6, 6.07) is 8.06. The first-order valence-corrected chi connectivity index (χ1v) is 8.54. The van der Waals surface area contributed by atoms with E-state index in [9.17, 15) is 0 Å². The molecule has 0 unspecified atom stereocenters. The lowest BCUT2D eigenvalue weighted by Crippen LogP contribution is -2.33. The summed E-state index contributed by atoms with van der Waals surface area (Å²) in [5.74, 6) is 1.93. The molecule has 3 rings (SSSR count). The van der Waals surface area contributed by atoms with E-state index in [-0.39, 0.29) is 6.79 Å².